The van der Waals surface area contributed by atoms with Crippen molar-refractivity contribution in [1.29, 1.82) is 0 Å². The lowest BCUT2D eigenvalue weighted by Gasteiger charge is -2.14. The minimum absolute atomic E-state index is 0.0239. The van der Waals surface area contributed by atoms with Gasteiger partial charge >= 0.3 is 12.4 Å². The molecule has 17 heavy (non-hydrogen) atoms. The van der Waals surface area contributed by atoms with Crippen LogP contribution in [0.25, 0.3) is 0 Å². The molecule has 0 atom stereocenters. The van der Waals surface area contributed by atoms with Crippen LogP contribution in [0.3, 0.4) is 0 Å². The van der Waals surface area contributed by atoms with Gasteiger partial charge < -0.3 is 0 Å². The molecular weight excluding hydrogens is 312 g/mol. The second kappa shape index (κ2) is 4.82. The Morgan fingerprint density at radius 2 is 1.12 bits per heavy atom. The molecule has 1 aromatic carbocycles. The average Bonchev–Trinajstić information content (AvgIpc) is 2.14. The number of benzene rings is 1. The Labute approximate surface area is 103 Å². The fraction of sp³-hybridized carbons (Fsp3) is 0.250. The van der Waals surface area contributed by atoms with Crippen LogP contribution in [0.5, 0.6) is 0 Å². The van der Waals surface area contributed by atoms with Crippen LogP contribution in [0, 0.1) is 0 Å². The van der Waals surface area contributed by atoms with Crippen molar-refractivity contribution in [1.82, 2.24) is 0 Å². The first kappa shape index (κ1) is 14.9. The van der Waals surface area contributed by atoms with E-state index in [4.69, 9.17) is 22.5 Å². The average molecular weight is 315 g/mol. The number of hydrogen-bond acceptors (Lipinski definition) is 0. The zero-order valence-corrected chi connectivity index (χ0v) is 10.1. The summed E-state index contributed by atoms with van der Waals surface area (Å²) in [7, 11) is 0. The Balaban J connectivity index is 3.40. The van der Waals surface area contributed by atoms with Gasteiger partial charge in [0.15, 0.2) is 0 Å². The molecule has 96 valence electrons. The second-order valence-electron chi connectivity index (χ2n) is 3.00. The van der Waals surface area contributed by atoms with Gasteiger partial charge in [0.05, 0.1) is 11.1 Å². The summed E-state index contributed by atoms with van der Waals surface area (Å²) in [6, 6.07) is 1.05. The summed E-state index contributed by atoms with van der Waals surface area (Å²) < 4.78 is 74.1. The van der Waals surface area contributed by atoms with Crippen molar-refractivity contribution in [2.45, 2.75) is 12.4 Å². The molecule has 0 aliphatic rings. The molecule has 0 amide bonds. The zero-order chi connectivity index (χ0) is 13.4. The fourth-order valence-electron chi connectivity index (χ4n) is 1.04. The summed E-state index contributed by atoms with van der Waals surface area (Å²) in [6.45, 7) is -2.08. The molecule has 0 fully saturated rings. The molecule has 0 bridgehead atoms. The summed E-state index contributed by atoms with van der Waals surface area (Å²) in [4.78, 5) is 0. The van der Waals surface area contributed by atoms with E-state index in [0.717, 1.165) is 0 Å². The molecule has 0 heterocycles. The number of rotatable bonds is 1. The predicted octanol–water partition coefficient (Wildman–Crippen LogP) is 5.14. The van der Waals surface area contributed by atoms with Gasteiger partial charge in [0, 0.05) is 5.30 Å². The van der Waals surface area contributed by atoms with Crippen molar-refractivity contribution in [2.75, 3.05) is 0 Å². The van der Waals surface area contributed by atoms with Crippen molar-refractivity contribution in [3.63, 3.8) is 0 Å². The Hall–Kier alpha value is -0.190. The maximum absolute atomic E-state index is 12.4. The third-order valence-corrected chi connectivity index (χ3v) is 3.59. The van der Waals surface area contributed by atoms with E-state index in [1.165, 1.54) is 0 Å². The lowest BCUT2D eigenvalue weighted by atomic mass is 10.1. The van der Waals surface area contributed by atoms with Gasteiger partial charge in [-0.05, 0) is 18.2 Å². The van der Waals surface area contributed by atoms with Gasteiger partial charge in [-0.2, -0.15) is 26.3 Å². The van der Waals surface area contributed by atoms with Gasteiger partial charge in [-0.15, -0.1) is 0 Å². The highest BCUT2D eigenvalue weighted by molar-refractivity contribution is 8.08. The van der Waals surface area contributed by atoms with E-state index < -0.39 is 30.1 Å². The Morgan fingerprint density at radius 1 is 0.765 bits per heavy atom. The summed E-state index contributed by atoms with van der Waals surface area (Å²) in [5.41, 5.74) is -2.84. The minimum Gasteiger partial charge on any atom is -0.166 e. The molecule has 0 saturated heterocycles. The smallest absolute Gasteiger partial charge is 0.166 e. The lowest BCUT2D eigenvalue weighted by molar-refractivity contribution is -0.142. The van der Waals surface area contributed by atoms with Gasteiger partial charge in [-0.25, -0.2) is 0 Å². The molecular formula is C8H3Cl2F6P. The van der Waals surface area contributed by atoms with Crippen molar-refractivity contribution in [3.8, 4) is 0 Å². The Bertz CT molecular complexity index is 379. The third kappa shape index (κ3) is 3.90. The highest BCUT2D eigenvalue weighted by atomic mass is 35.9. The highest BCUT2D eigenvalue weighted by Crippen LogP contribution is 2.47. The maximum atomic E-state index is 12.4. The van der Waals surface area contributed by atoms with Gasteiger partial charge in [0.2, 0.25) is 0 Å². The Morgan fingerprint density at radius 3 is 1.35 bits per heavy atom. The summed E-state index contributed by atoms with van der Waals surface area (Å²) in [5, 5.41) is -0.384. The van der Waals surface area contributed by atoms with Gasteiger partial charge in [0.25, 0.3) is 0 Å². The molecule has 0 aromatic heterocycles. The van der Waals surface area contributed by atoms with Crippen LogP contribution in [-0.2, 0) is 12.4 Å². The van der Waals surface area contributed by atoms with Crippen LogP contribution in [0.4, 0.5) is 26.3 Å². The molecule has 0 radical (unpaired) electrons. The first-order chi connectivity index (χ1) is 7.51. The van der Waals surface area contributed by atoms with Crippen LogP contribution in [0.2, 0.25) is 0 Å². The van der Waals surface area contributed by atoms with Crippen LogP contribution in [-0.4, -0.2) is 0 Å². The monoisotopic (exact) mass is 314 g/mol. The first-order valence-electron chi connectivity index (χ1n) is 3.93. The second-order valence-corrected chi connectivity index (χ2v) is 6.53. The van der Waals surface area contributed by atoms with Crippen molar-refractivity contribution < 1.29 is 26.3 Å². The van der Waals surface area contributed by atoms with E-state index in [0.29, 0.717) is 12.1 Å². The molecule has 9 heteroatoms. The molecule has 0 saturated carbocycles. The lowest BCUT2D eigenvalue weighted by Crippen LogP contribution is -2.15. The normalized spacial score (nSPS) is 13.2. The number of alkyl halides is 6. The molecule has 0 aliphatic carbocycles. The molecule has 0 spiro atoms. The van der Waals surface area contributed by atoms with E-state index in [2.05, 4.69) is 0 Å². The predicted molar refractivity (Wildman–Crippen MR) is 54.7 cm³/mol. The number of halogens is 8. The van der Waals surface area contributed by atoms with Crippen LogP contribution >= 0.6 is 29.1 Å². The van der Waals surface area contributed by atoms with Crippen LogP contribution in [0.1, 0.15) is 11.1 Å². The number of hydrogen-bond donors (Lipinski definition) is 0. The molecule has 1 aromatic rings. The molecule has 0 N–H and O–H groups in total. The first-order valence-corrected chi connectivity index (χ1v) is 7.08. The van der Waals surface area contributed by atoms with Gasteiger partial charge in [-0.3, -0.25) is 0 Å². The van der Waals surface area contributed by atoms with Gasteiger partial charge in [0.1, 0.15) is 6.63 Å². The standard InChI is InChI=1S/C8H3Cl2F6P/c9-17(10)6-2-4(7(11,12)13)1-5(3-6)8(14,15)16/h1-3H. The summed E-state index contributed by atoms with van der Waals surface area (Å²) in [6.07, 6.45) is -9.76. The van der Waals surface area contributed by atoms with E-state index in [1.54, 1.807) is 0 Å². The van der Waals surface area contributed by atoms with Crippen molar-refractivity contribution in [3.05, 3.63) is 29.3 Å². The quantitative estimate of drug-likeness (QED) is 0.497. The van der Waals surface area contributed by atoms with E-state index in [9.17, 15) is 26.3 Å². The Kier molecular flexibility index (Phi) is 4.22. The van der Waals surface area contributed by atoms with Gasteiger partial charge in [-0.1, -0.05) is 22.5 Å². The molecule has 0 unspecified atom stereocenters. The summed E-state index contributed by atoms with van der Waals surface area (Å²) in [5.74, 6) is 0. The van der Waals surface area contributed by atoms with E-state index in [-0.39, 0.29) is 11.4 Å². The van der Waals surface area contributed by atoms with Crippen LogP contribution in [0.15, 0.2) is 18.2 Å². The highest BCUT2D eigenvalue weighted by Gasteiger charge is 2.37. The molecule has 0 nitrogen and oxygen atoms in total. The maximum Gasteiger partial charge on any atom is 0.416 e. The van der Waals surface area contributed by atoms with Crippen molar-refractivity contribution >= 4 is 34.4 Å². The topological polar surface area (TPSA) is 0 Å². The van der Waals surface area contributed by atoms with Crippen LogP contribution < -0.4 is 5.30 Å². The largest absolute Gasteiger partial charge is 0.416 e. The third-order valence-electron chi connectivity index (χ3n) is 1.77. The SMILES string of the molecule is FC(F)(F)c1cc(P(Cl)Cl)cc(C(F)(F)F)c1. The molecule has 0 aliphatic heterocycles. The minimum atomic E-state index is -4.88. The summed E-state index contributed by atoms with van der Waals surface area (Å²) >= 11 is 10.7. The molecule has 1 rings (SSSR count). The van der Waals surface area contributed by atoms with E-state index in [1.807, 2.05) is 0 Å². The van der Waals surface area contributed by atoms with Crippen molar-refractivity contribution in [2.24, 2.45) is 0 Å². The van der Waals surface area contributed by atoms with E-state index >= 15 is 0 Å². The fourth-order valence-corrected chi connectivity index (χ4v) is 2.09. The zero-order valence-electron chi connectivity index (χ0n) is 7.70.